The van der Waals surface area contributed by atoms with E-state index in [1.54, 1.807) is 14.2 Å². The van der Waals surface area contributed by atoms with E-state index in [-0.39, 0.29) is 17.5 Å². The first-order valence-electron chi connectivity index (χ1n) is 7.27. The van der Waals surface area contributed by atoms with Crippen LogP contribution in [0.1, 0.15) is 44.2 Å². The molecule has 0 aromatic heterocycles. The van der Waals surface area contributed by atoms with Crippen molar-refractivity contribution in [2.24, 2.45) is 5.73 Å². The van der Waals surface area contributed by atoms with Crippen LogP contribution in [-0.2, 0) is 4.79 Å². The van der Waals surface area contributed by atoms with Crippen LogP contribution in [-0.4, -0.2) is 25.7 Å². The zero-order valence-electron chi connectivity index (χ0n) is 12.9. The topological polar surface area (TPSA) is 73.6 Å². The van der Waals surface area contributed by atoms with Crippen LogP contribution in [0.4, 0.5) is 0 Å². The van der Waals surface area contributed by atoms with E-state index in [0.29, 0.717) is 12.2 Å². The van der Waals surface area contributed by atoms with Crippen LogP contribution in [0.15, 0.2) is 18.2 Å². The van der Waals surface area contributed by atoms with Crippen LogP contribution < -0.4 is 20.5 Å². The molecular weight excluding hydrogens is 268 g/mol. The fourth-order valence-electron chi connectivity index (χ4n) is 2.67. The molecule has 2 rings (SSSR count). The number of nitrogens with one attached hydrogen (secondary N) is 1. The molecule has 1 amide bonds. The van der Waals surface area contributed by atoms with Gasteiger partial charge in [0.25, 0.3) is 0 Å². The first-order valence-corrected chi connectivity index (χ1v) is 7.27. The molecule has 0 radical (unpaired) electrons. The van der Waals surface area contributed by atoms with E-state index in [1.165, 1.54) is 0 Å². The minimum absolute atomic E-state index is 0.0115. The Morgan fingerprint density at radius 2 is 2.10 bits per heavy atom. The molecule has 1 aliphatic rings. The molecule has 0 saturated heterocycles. The van der Waals surface area contributed by atoms with Gasteiger partial charge >= 0.3 is 0 Å². The van der Waals surface area contributed by atoms with Gasteiger partial charge in [-0.1, -0.05) is 0 Å². The summed E-state index contributed by atoms with van der Waals surface area (Å²) in [6.07, 6.45) is 3.36. The van der Waals surface area contributed by atoms with Gasteiger partial charge in [-0.3, -0.25) is 4.79 Å². The Bertz CT molecular complexity index is 512. The number of methoxy groups -OCH3 is 2. The van der Waals surface area contributed by atoms with Gasteiger partial charge in [0.2, 0.25) is 5.91 Å². The van der Waals surface area contributed by atoms with Crippen molar-refractivity contribution in [1.82, 2.24) is 5.32 Å². The SMILES string of the molecule is COc1ccc(C(C)NC(=O)CC2(N)CCC2)c(OC)c1. The van der Waals surface area contributed by atoms with Gasteiger partial charge in [0.15, 0.2) is 0 Å². The van der Waals surface area contributed by atoms with Crippen LogP contribution in [0, 0.1) is 0 Å². The van der Waals surface area contributed by atoms with E-state index in [4.69, 9.17) is 15.2 Å². The lowest BCUT2D eigenvalue weighted by atomic mass is 9.75. The first-order chi connectivity index (χ1) is 9.97. The minimum Gasteiger partial charge on any atom is -0.497 e. The molecule has 1 unspecified atom stereocenters. The maximum Gasteiger partial charge on any atom is 0.222 e. The van der Waals surface area contributed by atoms with Crippen molar-refractivity contribution < 1.29 is 14.3 Å². The number of carbonyl (C=O) groups is 1. The van der Waals surface area contributed by atoms with E-state index in [0.717, 1.165) is 30.6 Å². The predicted molar refractivity (Wildman–Crippen MR) is 81.5 cm³/mol. The number of benzene rings is 1. The summed E-state index contributed by atoms with van der Waals surface area (Å²) in [7, 11) is 3.22. The van der Waals surface area contributed by atoms with Crippen molar-refractivity contribution >= 4 is 5.91 Å². The number of amides is 1. The van der Waals surface area contributed by atoms with Crippen molar-refractivity contribution in [3.05, 3.63) is 23.8 Å². The number of hydrogen-bond acceptors (Lipinski definition) is 4. The molecule has 0 heterocycles. The molecule has 21 heavy (non-hydrogen) atoms. The molecule has 1 aliphatic carbocycles. The lowest BCUT2D eigenvalue weighted by Crippen LogP contribution is -2.50. The highest BCUT2D eigenvalue weighted by atomic mass is 16.5. The third-order valence-electron chi connectivity index (χ3n) is 4.15. The van der Waals surface area contributed by atoms with Crippen molar-refractivity contribution in [3.63, 3.8) is 0 Å². The van der Waals surface area contributed by atoms with Gasteiger partial charge in [-0.05, 0) is 38.3 Å². The van der Waals surface area contributed by atoms with Gasteiger partial charge in [0, 0.05) is 23.6 Å². The highest BCUT2D eigenvalue weighted by molar-refractivity contribution is 5.78. The number of hydrogen-bond donors (Lipinski definition) is 2. The normalized spacial score (nSPS) is 17.5. The Morgan fingerprint density at radius 3 is 2.62 bits per heavy atom. The lowest BCUT2D eigenvalue weighted by Gasteiger charge is -2.37. The largest absolute Gasteiger partial charge is 0.497 e. The highest BCUT2D eigenvalue weighted by Gasteiger charge is 2.35. The van der Waals surface area contributed by atoms with Crippen LogP contribution >= 0.6 is 0 Å². The molecule has 5 heteroatoms. The predicted octanol–water partition coefficient (Wildman–Crippen LogP) is 2.15. The van der Waals surface area contributed by atoms with Gasteiger partial charge in [-0.25, -0.2) is 0 Å². The van der Waals surface area contributed by atoms with E-state index < -0.39 is 0 Å². The maximum atomic E-state index is 12.1. The van der Waals surface area contributed by atoms with Gasteiger partial charge < -0.3 is 20.5 Å². The summed E-state index contributed by atoms with van der Waals surface area (Å²) >= 11 is 0. The van der Waals surface area contributed by atoms with E-state index in [9.17, 15) is 4.79 Å². The van der Waals surface area contributed by atoms with Gasteiger partial charge in [0.05, 0.1) is 20.3 Å². The van der Waals surface area contributed by atoms with Crippen molar-refractivity contribution in [2.75, 3.05) is 14.2 Å². The third-order valence-corrected chi connectivity index (χ3v) is 4.15. The average molecular weight is 292 g/mol. The fraction of sp³-hybridized carbons (Fsp3) is 0.562. The summed E-state index contributed by atoms with van der Waals surface area (Å²) < 4.78 is 10.5. The second-order valence-corrected chi connectivity index (χ2v) is 5.79. The second-order valence-electron chi connectivity index (χ2n) is 5.79. The Morgan fingerprint density at radius 1 is 1.38 bits per heavy atom. The van der Waals surface area contributed by atoms with Gasteiger partial charge in [0.1, 0.15) is 11.5 Å². The van der Waals surface area contributed by atoms with Gasteiger partial charge in [-0.15, -0.1) is 0 Å². The van der Waals surface area contributed by atoms with Gasteiger partial charge in [-0.2, -0.15) is 0 Å². The Balaban J connectivity index is 2.02. The zero-order chi connectivity index (χ0) is 15.5. The Kier molecular flexibility index (Phi) is 4.73. The number of ether oxygens (including phenoxy) is 2. The summed E-state index contributed by atoms with van der Waals surface area (Å²) in [5, 5.41) is 2.99. The molecule has 1 aromatic rings. The first kappa shape index (κ1) is 15.6. The molecule has 0 spiro atoms. The van der Waals surface area contributed by atoms with E-state index >= 15 is 0 Å². The molecule has 5 nitrogen and oxygen atoms in total. The standard InChI is InChI=1S/C16H24N2O3/c1-11(18-15(19)10-16(17)7-4-8-16)13-6-5-12(20-2)9-14(13)21-3/h5-6,9,11H,4,7-8,10,17H2,1-3H3,(H,18,19). The molecule has 0 aliphatic heterocycles. The van der Waals surface area contributed by atoms with Crippen LogP contribution in [0.2, 0.25) is 0 Å². The molecule has 1 saturated carbocycles. The molecule has 1 fully saturated rings. The van der Waals surface area contributed by atoms with Crippen LogP contribution in [0.5, 0.6) is 11.5 Å². The second kappa shape index (κ2) is 6.35. The number of nitrogens with two attached hydrogens (primary N) is 1. The van der Waals surface area contributed by atoms with Crippen molar-refractivity contribution in [1.29, 1.82) is 0 Å². The van der Waals surface area contributed by atoms with Crippen LogP contribution in [0.3, 0.4) is 0 Å². The highest BCUT2D eigenvalue weighted by Crippen LogP contribution is 2.33. The Hall–Kier alpha value is -1.75. The molecule has 1 aromatic carbocycles. The van der Waals surface area contributed by atoms with E-state index in [2.05, 4.69) is 5.32 Å². The summed E-state index contributed by atoms with van der Waals surface area (Å²) in [4.78, 5) is 12.1. The summed E-state index contributed by atoms with van der Waals surface area (Å²) in [5.74, 6) is 1.42. The molecule has 116 valence electrons. The minimum atomic E-state index is -0.298. The monoisotopic (exact) mass is 292 g/mol. The smallest absolute Gasteiger partial charge is 0.222 e. The zero-order valence-corrected chi connectivity index (χ0v) is 12.9. The molecule has 1 atom stereocenters. The van der Waals surface area contributed by atoms with Crippen molar-refractivity contribution in [3.8, 4) is 11.5 Å². The van der Waals surface area contributed by atoms with Crippen LogP contribution in [0.25, 0.3) is 0 Å². The summed E-state index contributed by atoms with van der Waals surface area (Å²) in [6.45, 7) is 1.94. The Labute approximate surface area is 125 Å². The number of rotatable bonds is 6. The maximum absolute atomic E-state index is 12.1. The summed E-state index contributed by atoms with van der Waals surface area (Å²) in [5.41, 5.74) is 6.73. The number of carbonyl (C=O) groups excluding carboxylic acids is 1. The third kappa shape index (κ3) is 3.67. The molecular formula is C16H24N2O3. The molecule has 0 bridgehead atoms. The average Bonchev–Trinajstić information content (AvgIpc) is 2.44. The van der Waals surface area contributed by atoms with Crippen molar-refractivity contribution in [2.45, 2.75) is 44.2 Å². The summed E-state index contributed by atoms with van der Waals surface area (Å²) in [6, 6.07) is 5.44. The molecule has 3 N–H and O–H groups in total. The lowest BCUT2D eigenvalue weighted by molar-refractivity contribution is -0.123. The van der Waals surface area contributed by atoms with E-state index in [1.807, 2.05) is 25.1 Å². The quantitative estimate of drug-likeness (QED) is 0.842. The fourth-order valence-corrected chi connectivity index (χ4v) is 2.67.